The normalized spacial score (nSPS) is 13.0. The van der Waals surface area contributed by atoms with E-state index in [4.69, 9.17) is 15.3 Å². The van der Waals surface area contributed by atoms with Crippen LogP contribution in [-0.2, 0) is 6.42 Å². The quantitative estimate of drug-likeness (QED) is 0.482. The van der Waals surface area contributed by atoms with Crippen LogP contribution in [-0.4, -0.2) is 37.7 Å². The van der Waals surface area contributed by atoms with E-state index in [-0.39, 0.29) is 6.03 Å². The third kappa shape index (κ3) is 3.08. The molecule has 1 aliphatic rings. The molecule has 0 bridgehead atoms. The van der Waals surface area contributed by atoms with Crippen LogP contribution in [0.25, 0.3) is 0 Å². The number of nitrogens with zero attached hydrogens (tertiary/aromatic N) is 1. The van der Waals surface area contributed by atoms with E-state index in [0.29, 0.717) is 19.8 Å². The topological polar surface area (TPSA) is 76.8 Å². The number of ether oxygens (including phenoxy) is 2. The van der Waals surface area contributed by atoms with Crippen molar-refractivity contribution in [3.05, 3.63) is 23.3 Å². The Morgan fingerprint density at radius 3 is 2.63 bits per heavy atom. The summed E-state index contributed by atoms with van der Waals surface area (Å²) < 4.78 is 11.1. The monoisotopic (exact) mass is 265 g/mol. The highest BCUT2D eigenvalue weighted by Crippen LogP contribution is 2.33. The van der Waals surface area contributed by atoms with Gasteiger partial charge in [0.1, 0.15) is 13.2 Å². The van der Waals surface area contributed by atoms with E-state index in [0.717, 1.165) is 29.0 Å². The lowest BCUT2D eigenvalue weighted by molar-refractivity contribution is 0.171. The van der Waals surface area contributed by atoms with Gasteiger partial charge in [0, 0.05) is 13.6 Å². The maximum absolute atomic E-state index is 11.3. The lowest BCUT2D eigenvalue weighted by Crippen LogP contribution is -2.42. The zero-order chi connectivity index (χ0) is 13.8. The summed E-state index contributed by atoms with van der Waals surface area (Å²) in [5.74, 6) is 6.65. The van der Waals surface area contributed by atoms with Gasteiger partial charge in [-0.15, -0.1) is 0 Å². The number of hydrogen-bond acceptors (Lipinski definition) is 4. The second-order valence-electron chi connectivity index (χ2n) is 4.54. The minimum absolute atomic E-state index is 0.296. The molecule has 1 aromatic carbocycles. The van der Waals surface area contributed by atoms with Crippen molar-refractivity contribution in [2.75, 3.05) is 26.8 Å². The van der Waals surface area contributed by atoms with Gasteiger partial charge >= 0.3 is 6.03 Å². The first kappa shape index (κ1) is 13.5. The fourth-order valence-corrected chi connectivity index (χ4v) is 2.00. The lowest BCUT2D eigenvalue weighted by atomic mass is 10.0. The molecule has 6 heteroatoms. The van der Waals surface area contributed by atoms with Crippen molar-refractivity contribution in [2.45, 2.75) is 13.3 Å². The second-order valence-corrected chi connectivity index (χ2v) is 4.54. The molecule has 0 fully saturated rings. The van der Waals surface area contributed by atoms with Crippen molar-refractivity contribution in [2.24, 2.45) is 5.84 Å². The summed E-state index contributed by atoms with van der Waals surface area (Å²) in [5, 5.41) is 0. The van der Waals surface area contributed by atoms with Crippen LogP contribution in [0.15, 0.2) is 12.1 Å². The largest absolute Gasteiger partial charge is 0.486 e. The van der Waals surface area contributed by atoms with Crippen molar-refractivity contribution in [1.82, 2.24) is 10.3 Å². The summed E-state index contributed by atoms with van der Waals surface area (Å²) in [6.07, 6.45) is 0.742. The van der Waals surface area contributed by atoms with E-state index in [1.165, 1.54) is 4.90 Å². The molecule has 0 atom stereocenters. The number of likely N-dealkylation sites (N-methyl/N-ethyl adjacent to an activating group) is 1. The van der Waals surface area contributed by atoms with Crippen LogP contribution in [0.3, 0.4) is 0 Å². The molecule has 0 unspecified atom stereocenters. The Balaban J connectivity index is 2.06. The number of hydrogen-bond donors (Lipinski definition) is 2. The molecular formula is C13H19N3O3. The highest BCUT2D eigenvalue weighted by molar-refractivity contribution is 5.73. The SMILES string of the molecule is Cc1cc2c(cc1CCN(C)C(=O)NN)OCCO2. The summed E-state index contributed by atoms with van der Waals surface area (Å²) in [6.45, 7) is 3.77. The van der Waals surface area contributed by atoms with Gasteiger partial charge in [-0.3, -0.25) is 5.43 Å². The maximum Gasteiger partial charge on any atom is 0.331 e. The number of amides is 2. The predicted molar refractivity (Wildman–Crippen MR) is 71.2 cm³/mol. The van der Waals surface area contributed by atoms with Gasteiger partial charge in [0.15, 0.2) is 11.5 Å². The molecule has 6 nitrogen and oxygen atoms in total. The minimum atomic E-state index is -0.296. The molecule has 0 aliphatic carbocycles. The Bertz CT molecular complexity index is 476. The highest BCUT2D eigenvalue weighted by Gasteiger charge is 2.15. The summed E-state index contributed by atoms with van der Waals surface area (Å²) in [6, 6.07) is 3.67. The Morgan fingerprint density at radius 2 is 2.00 bits per heavy atom. The Morgan fingerprint density at radius 1 is 1.37 bits per heavy atom. The van der Waals surface area contributed by atoms with Crippen molar-refractivity contribution in [3.63, 3.8) is 0 Å². The zero-order valence-corrected chi connectivity index (χ0v) is 11.2. The summed E-state index contributed by atoms with van der Waals surface area (Å²) >= 11 is 0. The van der Waals surface area contributed by atoms with E-state index in [1.54, 1.807) is 7.05 Å². The minimum Gasteiger partial charge on any atom is -0.486 e. The van der Waals surface area contributed by atoms with Gasteiger partial charge in [-0.2, -0.15) is 0 Å². The number of nitrogens with two attached hydrogens (primary N) is 1. The van der Waals surface area contributed by atoms with Crippen LogP contribution in [0.1, 0.15) is 11.1 Å². The molecule has 2 rings (SSSR count). The first-order valence-electron chi connectivity index (χ1n) is 6.22. The molecule has 1 aliphatic heterocycles. The Hall–Kier alpha value is -1.95. The van der Waals surface area contributed by atoms with Crippen LogP contribution in [0.2, 0.25) is 0 Å². The molecule has 1 heterocycles. The van der Waals surface area contributed by atoms with Crippen LogP contribution in [0.4, 0.5) is 4.79 Å². The van der Waals surface area contributed by atoms with E-state index in [1.807, 2.05) is 19.1 Å². The van der Waals surface area contributed by atoms with E-state index in [9.17, 15) is 4.79 Å². The summed E-state index contributed by atoms with van der Waals surface area (Å²) in [7, 11) is 1.70. The fourth-order valence-electron chi connectivity index (χ4n) is 2.00. The Kier molecular flexibility index (Phi) is 4.11. The van der Waals surface area contributed by atoms with E-state index < -0.39 is 0 Å². The summed E-state index contributed by atoms with van der Waals surface area (Å²) in [4.78, 5) is 12.8. The average Bonchev–Trinajstić information content (AvgIpc) is 2.43. The predicted octanol–water partition coefficient (Wildman–Crippen LogP) is 0.824. The van der Waals surface area contributed by atoms with Crippen molar-refractivity contribution >= 4 is 6.03 Å². The lowest BCUT2D eigenvalue weighted by Gasteiger charge is -2.21. The summed E-state index contributed by atoms with van der Waals surface area (Å²) in [5.41, 5.74) is 4.38. The van der Waals surface area contributed by atoms with Gasteiger partial charge in [0.2, 0.25) is 0 Å². The number of fused-ring (bicyclic) bond motifs is 1. The van der Waals surface area contributed by atoms with E-state index in [2.05, 4.69) is 5.43 Å². The first-order chi connectivity index (χ1) is 9.11. The smallest absolute Gasteiger partial charge is 0.331 e. The van der Waals surface area contributed by atoms with E-state index >= 15 is 0 Å². The molecule has 0 aromatic heterocycles. The third-order valence-corrected chi connectivity index (χ3v) is 3.19. The molecular weight excluding hydrogens is 246 g/mol. The van der Waals surface area contributed by atoms with Gasteiger partial charge < -0.3 is 14.4 Å². The zero-order valence-electron chi connectivity index (χ0n) is 11.2. The first-order valence-corrected chi connectivity index (χ1v) is 6.22. The van der Waals surface area contributed by atoms with Crippen LogP contribution < -0.4 is 20.7 Å². The number of benzene rings is 1. The van der Waals surface area contributed by atoms with Crippen molar-refractivity contribution < 1.29 is 14.3 Å². The van der Waals surface area contributed by atoms with Crippen molar-refractivity contribution in [3.8, 4) is 11.5 Å². The third-order valence-electron chi connectivity index (χ3n) is 3.19. The van der Waals surface area contributed by atoms with Crippen LogP contribution >= 0.6 is 0 Å². The maximum atomic E-state index is 11.3. The molecule has 0 spiro atoms. The van der Waals surface area contributed by atoms with Crippen LogP contribution in [0, 0.1) is 6.92 Å². The number of aryl methyl sites for hydroxylation is 1. The number of nitrogens with one attached hydrogen (secondary N) is 1. The number of rotatable bonds is 3. The van der Waals surface area contributed by atoms with Gasteiger partial charge in [-0.25, -0.2) is 10.6 Å². The highest BCUT2D eigenvalue weighted by atomic mass is 16.6. The number of hydrazine groups is 1. The molecule has 2 amide bonds. The molecule has 104 valence electrons. The molecule has 3 N–H and O–H groups in total. The van der Waals surface area contributed by atoms with Gasteiger partial charge in [-0.1, -0.05) is 0 Å². The number of carbonyl (C=O) groups is 1. The molecule has 0 saturated carbocycles. The van der Waals surface area contributed by atoms with Crippen LogP contribution in [0.5, 0.6) is 11.5 Å². The molecule has 0 radical (unpaired) electrons. The standard InChI is InChI=1S/C13H19N3O3/c1-9-7-11-12(19-6-5-18-11)8-10(9)3-4-16(2)13(17)15-14/h7-8H,3-6,14H2,1-2H3,(H,15,17). The molecule has 19 heavy (non-hydrogen) atoms. The van der Waals surface area contributed by atoms with Gasteiger partial charge in [-0.05, 0) is 36.6 Å². The van der Waals surface area contributed by atoms with Gasteiger partial charge in [0.25, 0.3) is 0 Å². The average molecular weight is 265 g/mol. The number of carbonyl (C=O) groups excluding carboxylic acids is 1. The second kappa shape index (κ2) is 5.79. The van der Waals surface area contributed by atoms with Crippen molar-refractivity contribution in [1.29, 1.82) is 0 Å². The fraction of sp³-hybridized carbons (Fsp3) is 0.462. The molecule has 0 saturated heterocycles. The Labute approximate surface area is 112 Å². The van der Waals surface area contributed by atoms with Gasteiger partial charge in [0.05, 0.1) is 0 Å². The number of urea groups is 1. The molecule has 1 aromatic rings.